The normalized spacial score (nSPS) is 40.0. The monoisotopic (exact) mass is 292 g/mol. The zero-order valence-electron chi connectivity index (χ0n) is 11.7. The van der Waals surface area contributed by atoms with Gasteiger partial charge in [-0.15, -0.1) is 0 Å². The predicted octanol–water partition coefficient (Wildman–Crippen LogP) is 2.42. The Kier molecular flexibility index (Phi) is 5.65. The van der Waals surface area contributed by atoms with E-state index in [-0.39, 0.29) is 0 Å². The Balaban J connectivity index is 1.85. The molecule has 0 aromatic heterocycles. The molecule has 18 heavy (non-hydrogen) atoms. The average Bonchev–Trinajstić information content (AvgIpc) is 2.31. The maximum atomic E-state index is 5.56. The lowest BCUT2D eigenvalue weighted by Crippen LogP contribution is -2.47. The smallest absolute Gasteiger partial charge is 0.0629 e. The van der Waals surface area contributed by atoms with Gasteiger partial charge in [0.15, 0.2) is 0 Å². The van der Waals surface area contributed by atoms with Crippen LogP contribution in [0.15, 0.2) is 0 Å². The number of hydrogen-bond donors (Lipinski definition) is 0. The van der Waals surface area contributed by atoms with E-state index in [0.717, 1.165) is 26.4 Å². The van der Waals surface area contributed by atoms with E-state index in [9.17, 15) is 0 Å². The van der Waals surface area contributed by atoms with Crippen LogP contribution in [0.4, 0.5) is 0 Å². The third kappa shape index (κ3) is 3.55. The second kappa shape index (κ2) is 6.81. The average molecular weight is 292 g/mol. The molecular weight excluding hydrogens is 268 g/mol. The molecule has 2 fully saturated rings. The molecule has 2 rings (SSSR count). The molecule has 6 heteroatoms. The highest BCUT2D eigenvalue weighted by Crippen LogP contribution is 2.38. The Labute approximate surface area is 118 Å². The van der Waals surface area contributed by atoms with E-state index in [2.05, 4.69) is 36.3 Å². The Morgan fingerprint density at radius 1 is 0.667 bits per heavy atom. The van der Waals surface area contributed by atoms with Crippen molar-refractivity contribution in [3.63, 3.8) is 0 Å². The van der Waals surface area contributed by atoms with E-state index in [1.54, 1.807) is 0 Å². The highest BCUT2D eigenvalue weighted by molar-refractivity contribution is 8.74. The van der Waals surface area contributed by atoms with Crippen LogP contribution >= 0.6 is 22.0 Å². The van der Waals surface area contributed by atoms with Crippen molar-refractivity contribution in [2.75, 3.05) is 26.4 Å². The summed E-state index contributed by atoms with van der Waals surface area (Å²) in [6.45, 7) is 12.3. The molecular formula is C12H24N2O2S2. The first-order valence-corrected chi connectivity index (χ1v) is 8.73. The summed E-state index contributed by atoms with van der Waals surface area (Å²) >= 11 is 0. The summed E-state index contributed by atoms with van der Waals surface area (Å²) < 4.78 is 16.0. The summed E-state index contributed by atoms with van der Waals surface area (Å²) in [7, 11) is 3.74. The van der Waals surface area contributed by atoms with Gasteiger partial charge in [0, 0.05) is 46.1 Å². The lowest BCUT2D eigenvalue weighted by Gasteiger charge is -2.41. The van der Waals surface area contributed by atoms with Gasteiger partial charge >= 0.3 is 0 Å². The second-order valence-electron chi connectivity index (χ2n) is 5.34. The quantitative estimate of drug-likeness (QED) is 0.585. The van der Waals surface area contributed by atoms with Crippen LogP contribution in [-0.4, -0.2) is 59.2 Å². The zero-order chi connectivity index (χ0) is 13.1. The fourth-order valence-electron chi connectivity index (χ4n) is 2.35. The van der Waals surface area contributed by atoms with Crippen molar-refractivity contribution in [2.24, 2.45) is 0 Å². The Morgan fingerprint density at radius 3 is 1.22 bits per heavy atom. The van der Waals surface area contributed by atoms with Crippen molar-refractivity contribution in [1.29, 1.82) is 0 Å². The molecule has 0 bridgehead atoms. The first kappa shape index (κ1) is 14.9. The number of rotatable bonds is 3. The van der Waals surface area contributed by atoms with Crippen LogP contribution < -0.4 is 0 Å². The van der Waals surface area contributed by atoms with E-state index < -0.39 is 0 Å². The highest BCUT2D eigenvalue weighted by atomic mass is 33.1. The van der Waals surface area contributed by atoms with Gasteiger partial charge in [0.05, 0.1) is 26.4 Å². The number of ether oxygens (including phenoxy) is 2. The first-order chi connectivity index (χ1) is 8.59. The van der Waals surface area contributed by atoms with Gasteiger partial charge in [-0.3, -0.25) is 0 Å². The molecule has 0 N–H and O–H groups in total. The van der Waals surface area contributed by atoms with Crippen molar-refractivity contribution >= 4 is 22.0 Å². The van der Waals surface area contributed by atoms with Crippen LogP contribution in [0.25, 0.3) is 0 Å². The van der Waals surface area contributed by atoms with Crippen molar-refractivity contribution < 1.29 is 9.47 Å². The molecule has 0 radical (unpaired) electrons. The Morgan fingerprint density at radius 2 is 0.944 bits per heavy atom. The summed E-state index contributed by atoms with van der Waals surface area (Å²) in [6, 6.07) is 1.94. The second-order valence-corrected chi connectivity index (χ2v) is 7.38. The van der Waals surface area contributed by atoms with Gasteiger partial charge in [0.25, 0.3) is 0 Å². The number of hydrogen-bond acceptors (Lipinski definition) is 6. The third-order valence-electron chi connectivity index (χ3n) is 3.38. The molecule has 2 heterocycles. The zero-order valence-corrected chi connectivity index (χ0v) is 13.3. The highest BCUT2D eigenvalue weighted by Gasteiger charge is 2.31. The maximum absolute atomic E-state index is 5.56. The maximum Gasteiger partial charge on any atom is 0.0629 e. The fraction of sp³-hybridized carbons (Fsp3) is 1.00. The van der Waals surface area contributed by atoms with Gasteiger partial charge in [0.2, 0.25) is 0 Å². The largest absolute Gasteiger partial charge is 0.378 e. The van der Waals surface area contributed by atoms with Gasteiger partial charge in [-0.1, -0.05) is 0 Å². The standard InChI is InChI=1S/C12H24N2O2S2/c1-9-5-15-6-10(2)13(9)17-18-14-11(3)7-16-8-12(14)4/h9-12H,5-8H2,1-4H3. The SMILES string of the molecule is CC1COCC(C)N1SSN1C(C)COCC1C. The number of morpholine rings is 2. The Bertz CT molecular complexity index is 224. The van der Waals surface area contributed by atoms with Crippen molar-refractivity contribution in [2.45, 2.75) is 51.9 Å². The Hall–Kier alpha value is 0.540. The van der Waals surface area contributed by atoms with E-state index in [0.29, 0.717) is 24.2 Å². The third-order valence-corrected chi connectivity index (χ3v) is 6.46. The van der Waals surface area contributed by atoms with E-state index in [1.807, 2.05) is 22.0 Å². The number of nitrogens with zero attached hydrogens (tertiary/aromatic N) is 2. The summed E-state index contributed by atoms with van der Waals surface area (Å²) in [5.41, 5.74) is 0. The van der Waals surface area contributed by atoms with Crippen LogP contribution in [0.3, 0.4) is 0 Å². The van der Waals surface area contributed by atoms with Gasteiger partial charge in [-0.05, 0) is 27.7 Å². The van der Waals surface area contributed by atoms with Gasteiger partial charge in [-0.2, -0.15) is 0 Å². The molecule has 0 amide bonds. The molecule has 2 aliphatic heterocycles. The first-order valence-electron chi connectivity index (χ1n) is 6.66. The summed E-state index contributed by atoms with van der Waals surface area (Å²) in [6.07, 6.45) is 0. The van der Waals surface area contributed by atoms with Crippen LogP contribution in [0.2, 0.25) is 0 Å². The molecule has 0 aromatic rings. The van der Waals surface area contributed by atoms with Crippen LogP contribution in [0, 0.1) is 0 Å². The van der Waals surface area contributed by atoms with Crippen molar-refractivity contribution in [3.05, 3.63) is 0 Å². The molecule has 4 atom stereocenters. The molecule has 0 aliphatic carbocycles. The summed E-state index contributed by atoms with van der Waals surface area (Å²) in [4.78, 5) is 0. The van der Waals surface area contributed by atoms with E-state index in [4.69, 9.17) is 9.47 Å². The van der Waals surface area contributed by atoms with Gasteiger partial charge in [-0.25, -0.2) is 8.61 Å². The molecule has 106 valence electrons. The van der Waals surface area contributed by atoms with Crippen molar-refractivity contribution in [1.82, 2.24) is 8.61 Å². The fourth-order valence-corrected chi connectivity index (χ4v) is 5.56. The van der Waals surface area contributed by atoms with Crippen LogP contribution in [-0.2, 0) is 9.47 Å². The van der Waals surface area contributed by atoms with Crippen molar-refractivity contribution in [3.8, 4) is 0 Å². The summed E-state index contributed by atoms with van der Waals surface area (Å²) in [5.74, 6) is 0. The molecule has 0 aromatic carbocycles. The molecule has 4 nitrogen and oxygen atoms in total. The molecule has 0 spiro atoms. The van der Waals surface area contributed by atoms with Crippen LogP contribution in [0.1, 0.15) is 27.7 Å². The molecule has 4 unspecified atom stereocenters. The molecule has 0 saturated carbocycles. The van der Waals surface area contributed by atoms with E-state index in [1.165, 1.54) is 0 Å². The molecule has 2 saturated heterocycles. The minimum Gasteiger partial charge on any atom is -0.378 e. The lowest BCUT2D eigenvalue weighted by molar-refractivity contribution is 0.00986. The predicted molar refractivity (Wildman–Crippen MR) is 78.3 cm³/mol. The molecule has 2 aliphatic rings. The van der Waals surface area contributed by atoms with Gasteiger partial charge in [0.1, 0.15) is 0 Å². The topological polar surface area (TPSA) is 24.9 Å². The summed E-state index contributed by atoms with van der Waals surface area (Å²) in [5, 5.41) is 0. The van der Waals surface area contributed by atoms with E-state index >= 15 is 0 Å². The lowest BCUT2D eigenvalue weighted by atomic mass is 10.2. The minimum atomic E-state index is 0.484. The van der Waals surface area contributed by atoms with Crippen LogP contribution in [0.5, 0.6) is 0 Å². The minimum absolute atomic E-state index is 0.484. The van der Waals surface area contributed by atoms with Gasteiger partial charge < -0.3 is 9.47 Å².